The molecule has 0 spiro atoms. The fraction of sp³-hybridized carbons (Fsp3) is 0.375. The summed E-state index contributed by atoms with van der Waals surface area (Å²) in [6.07, 6.45) is 2.68. The van der Waals surface area contributed by atoms with E-state index in [9.17, 15) is 14.3 Å². The van der Waals surface area contributed by atoms with E-state index in [0.29, 0.717) is 31.1 Å². The predicted octanol–water partition coefficient (Wildman–Crippen LogP) is 2.20. The average Bonchev–Trinajstić information content (AvgIpc) is 3.03. The topological polar surface area (TPSA) is 65.5 Å². The first-order valence-corrected chi connectivity index (χ1v) is 8.33. The molecule has 1 amide bonds. The smallest absolute Gasteiger partial charge is 0.240 e. The number of rotatable bonds is 4. The Kier molecular flexibility index (Phi) is 4.70. The third-order valence-corrected chi connectivity index (χ3v) is 4.80. The fourth-order valence-corrected chi connectivity index (χ4v) is 3.32. The van der Waals surface area contributed by atoms with Gasteiger partial charge in [0.2, 0.25) is 5.91 Å². The van der Waals surface area contributed by atoms with Crippen LogP contribution < -0.4 is 5.32 Å². The van der Waals surface area contributed by atoms with E-state index >= 15 is 0 Å². The van der Waals surface area contributed by atoms with E-state index in [2.05, 4.69) is 10.3 Å². The number of nitrogens with zero attached hydrogens (tertiary/aromatic N) is 2. The summed E-state index contributed by atoms with van der Waals surface area (Å²) < 4.78 is 13.0. The van der Waals surface area contributed by atoms with E-state index in [1.54, 1.807) is 23.7 Å². The molecule has 1 aliphatic rings. The second kappa shape index (κ2) is 6.74. The Bertz CT molecular complexity index is 652. The normalized spacial score (nSPS) is 17.8. The highest BCUT2D eigenvalue weighted by atomic mass is 32.1. The Hall–Kier alpha value is -1.83. The molecule has 0 aliphatic carbocycles. The molecule has 7 heteroatoms. The van der Waals surface area contributed by atoms with Crippen LogP contribution in [0.5, 0.6) is 0 Å². The van der Waals surface area contributed by atoms with Crippen molar-refractivity contribution in [3.63, 3.8) is 0 Å². The van der Waals surface area contributed by atoms with Gasteiger partial charge < -0.3 is 10.4 Å². The molecule has 0 saturated carbocycles. The number of amides is 1. The van der Waals surface area contributed by atoms with Gasteiger partial charge in [-0.1, -0.05) is 12.1 Å². The van der Waals surface area contributed by atoms with Gasteiger partial charge in [0.1, 0.15) is 5.82 Å². The molecule has 23 heavy (non-hydrogen) atoms. The minimum absolute atomic E-state index is 0.104. The number of halogens is 1. The van der Waals surface area contributed by atoms with Crippen molar-refractivity contribution in [2.75, 3.05) is 25.0 Å². The van der Waals surface area contributed by atoms with Crippen molar-refractivity contribution in [2.24, 2.45) is 0 Å². The van der Waals surface area contributed by atoms with Gasteiger partial charge in [-0.25, -0.2) is 9.37 Å². The van der Waals surface area contributed by atoms with E-state index in [0.717, 1.165) is 5.56 Å². The maximum absolute atomic E-state index is 13.0. The lowest BCUT2D eigenvalue weighted by Crippen LogP contribution is -2.45. The molecule has 1 aliphatic heterocycles. The Morgan fingerprint density at radius 2 is 2.04 bits per heavy atom. The first-order chi connectivity index (χ1) is 11.0. The molecule has 2 N–H and O–H groups in total. The fourth-order valence-electron chi connectivity index (χ4n) is 2.78. The molecule has 1 aromatic carbocycles. The van der Waals surface area contributed by atoms with Crippen molar-refractivity contribution in [3.8, 4) is 0 Å². The summed E-state index contributed by atoms with van der Waals surface area (Å²) in [6, 6.07) is 5.97. The number of hydrogen-bond acceptors (Lipinski definition) is 5. The van der Waals surface area contributed by atoms with Crippen LogP contribution in [0.1, 0.15) is 18.4 Å². The van der Waals surface area contributed by atoms with Crippen LogP contribution in [-0.2, 0) is 10.4 Å². The molecule has 122 valence electrons. The van der Waals surface area contributed by atoms with Crippen molar-refractivity contribution >= 4 is 22.4 Å². The Morgan fingerprint density at radius 3 is 2.65 bits per heavy atom. The highest BCUT2D eigenvalue weighted by Crippen LogP contribution is 2.32. The van der Waals surface area contributed by atoms with Crippen LogP contribution in [-0.4, -0.2) is 40.5 Å². The quantitative estimate of drug-likeness (QED) is 0.899. The minimum Gasteiger partial charge on any atom is -0.385 e. The first-order valence-electron chi connectivity index (χ1n) is 7.45. The lowest BCUT2D eigenvalue weighted by molar-refractivity contribution is -0.118. The number of piperidine rings is 1. The number of carbonyl (C=O) groups is 1. The SMILES string of the molecule is O=C(CN1CCC(O)(c2ccc(F)cc2)CC1)Nc1nccs1. The second-order valence-electron chi connectivity index (χ2n) is 5.70. The zero-order valence-electron chi connectivity index (χ0n) is 12.5. The van der Waals surface area contributed by atoms with Gasteiger partial charge in [-0.05, 0) is 30.5 Å². The number of anilines is 1. The van der Waals surface area contributed by atoms with E-state index in [1.807, 2.05) is 4.90 Å². The standard InChI is InChI=1S/C16H18FN3O2S/c17-13-3-1-12(2-4-13)16(22)5-8-20(9-6-16)11-14(21)19-15-18-7-10-23-15/h1-4,7,10,22H,5-6,8-9,11H2,(H,18,19,21). The van der Waals surface area contributed by atoms with Crippen LogP contribution in [0.15, 0.2) is 35.8 Å². The Balaban J connectivity index is 1.53. The maximum atomic E-state index is 13.0. The number of likely N-dealkylation sites (tertiary alicyclic amines) is 1. The molecule has 1 saturated heterocycles. The monoisotopic (exact) mass is 335 g/mol. The van der Waals surface area contributed by atoms with Gasteiger partial charge in [-0.2, -0.15) is 0 Å². The van der Waals surface area contributed by atoms with E-state index < -0.39 is 5.60 Å². The van der Waals surface area contributed by atoms with Gasteiger partial charge in [-0.3, -0.25) is 9.69 Å². The van der Waals surface area contributed by atoms with Gasteiger partial charge >= 0.3 is 0 Å². The van der Waals surface area contributed by atoms with Gasteiger partial charge in [0.05, 0.1) is 12.1 Å². The third kappa shape index (κ3) is 3.93. The van der Waals surface area contributed by atoms with Crippen molar-refractivity contribution < 1.29 is 14.3 Å². The Morgan fingerprint density at radius 1 is 1.35 bits per heavy atom. The number of aromatic nitrogens is 1. The van der Waals surface area contributed by atoms with Gasteiger partial charge in [0.15, 0.2) is 5.13 Å². The van der Waals surface area contributed by atoms with Crippen LogP contribution in [0.3, 0.4) is 0 Å². The predicted molar refractivity (Wildman–Crippen MR) is 86.7 cm³/mol. The summed E-state index contributed by atoms with van der Waals surface area (Å²) >= 11 is 1.38. The van der Waals surface area contributed by atoms with Crippen molar-refractivity contribution in [1.29, 1.82) is 0 Å². The highest BCUT2D eigenvalue weighted by molar-refractivity contribution is 7.13. The summed E-state index contributed by atoms with van der Waals surface area (Å²) in [5, 5.41) is 15.9. The molecule has 0 atom stereocenters. The number of benzene rings is 1. The average molecular weight is 335 g/mol. The molecule has 1 aromatic heterocycles. The second-order valence-corrected chi connectivity index (χ2v) is 6.59. The van der Waals surface area contributed by atoms with Gasteiger partial charge in [-0.15, -0.1) is 11.3 Å². The Labute approximate surface area is 137 Å². The molecular formula is C16H18FN3O2S. The van der Waals surface area contributed by atoms with Crippen molar-refractivity contribution in [2.45, 2.75) is 18.4 Å². The molecule has 0 unspecified atom stereocenters. The summed E-state index contributed by atoms with van der Waals surface area (Å²) in [6.45, 7) is 1.50. The summed E-state index contributed by atoms with van der Waals surface area (Å²) in [5.41, 5.74) is -0.221. The molecule has 1 fully saturated rings. The van der Waals surface area contributed by atoms with Crippen molar-refractivity contribution in [1.82, 2.24) is 9.88 Å². The number of aliphatic hydroxyl groups is 1. The lowest BCUT2D eigenvalue weighted by Gasteiger charge is -2.38. The molecule has 0 bridgehead atoms. The molecule has 3 rings (SSSR count). The maximum Gasteiger partial charge on any atom is 0.240 e. The third-order valence-electron chi connectivity index (χ3n) is 4.11. The molecule has 0 radical (unpaired) electrons. The van der Waals surface area contributed by atoms with E-state index in [-0.39, 0.29) is 18.3 Å². The van der Waals surface area contributed by atoms with Crippen LogP contribution in [0.4, 0.5) is 9.52 Å². The zero-order chi connectivity index (χ0) is 16.3. The summed E-state index contributed by atoms with van der Waals surface area (Å²) in [4.78, 5) is 18.0. The number of nitrogens with one attached hydrogen (secondary N) is 1. The van der Waals surface area contributed by atoms with Gasteiger partial charge in [0.25, 0.3) is 0 Å². The van der Waals surface area contributed by atoms with Crippen LogP contribution >= 0.6 is 11.3 Å². The van der Waals surface area contributed by atoms with Gasteiger partial charge in [0, 0.05) is 24.7 Å². The number of hydrogen-bond donors (Lipinski definition) is 2. The number of carbonyl (C=O) groups excluding carboxylic acids is 1. The van der Waals surface area contributed by atoms with E-state index in [4.69, 9.17) is 0 Å². The molecule has 5 nitrogen and oxygen atoms in total. The van der Waals surface area contributed by atoms with Crippen LogP contribution in [0.25, 0.3) is 0 Å². The van der Waals surface area contributed by atoms with Crippen LogP contribution in [0, 0.1) is 5.82 Å². The largest absolute Gasteiger partial charge is 0.385 e. The minimum atomic E-state index is -0.948. The lowest BCUT2D eigenvalue weighted by atomic mass is 9.84. The highest BCUT2D eigenvalue weighted by Gasteiger charge is 2.34. The summed E-state index contributed by atoms with van der Waals surface area (Å²) in [7, 11) is 0. The molecule has 2 heterocycles. The number of thiazole rings is 1. The first kappa shape index (κ1) is 16.0. The van der Waals surface area contributed by atoms with Crippen molar-refractivity contribution in [3.05, 3.63) is 47.2 Å². The molecular weight excluding hydrogens is 317 g/mol. The zero-order valence-corrected chi connectivity index (χ0v) is 13.4. The molecule has 2 aromatic rings. The van der Waals surface area contributed by atoms with Crippen LogP contribution in [0.2, 0.25) is 0 Å². The van der Waals surface area contributed by atoms with E-state index in [1.165, 1.54) is 23.5 Å². The summed E-state index contributed by atoms with van der Waals surface area (Å²) in [5.74, 6) is -0.416.